The fourth-order valence-corrected chi connectivity index (χ4v) is 3.42. The molecule has 0 saturated carbocycles. The molecule has 28 heavy (non-hydrogen) atoms. The van der Waals surface area contributed by atoms with E-state index in [1.54, 1.807) is 0 Å². The van der Waals surface area contributed by atoms with E-state index >= 15 is 0 Å². The van der Waals surface area contributed by atoms with Crippen LogP contribution in [0.4, 0.5) is 17.6 Å². The minimum Gasteiger partial charge on any atom is -0.240 e. The van der Waals surface area contributed by atoms with E-state index in [0.717, 1.165) is 43.4 Å². The molecule has 0 rings (SSSR count). The Morgan fingerprint density at radius 1 is 0.571 bits per heavy atom. The second kappa shape index (κ2) is 20.6. The van der Waals surface area contributed by atoms with Gasteiger partial charge in [-0.25, -0.2) is 13.7 Å². The van der Waals surface area contributed by atoms with Crippen molar-refractivity contribution in [3.63, 3.8) is 0 Å². The molecule has 0 aliphatic carbocycles. The first-order valence-electron chi connectivity index (χ1n) is 11.4. The average molecular weight is 499 g/mol. The van der Waals surface area contributed by atoms with Gasteiger partial charge in [-0.2, -0.15) is 8.78 Å². The Bertz CT molecular complexity index is 297. The summed E-state index contributed by atoms with van der Waals surface area (Å²) in [5.74, 6) is 0. The Kier molecular flexibility index (Phi) is 22.4. The fraction of sp³-hybridized carbons (Fsp3) is 1.00. The molecule has 0 spiro atoms. The molecule has 0 saturated heterocycles. The minimum atomic E-state index is -4.00. The second-order valence-corrected chi connectivity index (χ2v) is 7.83. The molecule has 1 nitrogen and oxygen atoms in total. The van der Waals surface area contributed by atoms with E-state index in [1.807, 2.05) is 0 Å². The van der Waals surface area contributed by atoms with Crippen LogP contribution in [0.2, 0.25) is 0 Å². The molecule has 0 bridgehead atoms. The van der Waals surface area contributed by atoms with Gasteiger partial charge in [-0.1, -0.05) is 104 Å². The Morgan fingerprint density at radius 3 is 1.14 bits per heavy atom. The number of halogens is 4. The molecule has 172 valence electrons. The smallest absolute Gasteiger partial charge is 0.240 e. The molecule has 0 heterocycles. The predicted octanol–water partition coefficient (Wildman–Crippen LogP) is 8.43. The monoisotopic (exact) mass is 499 g/mol. The first-order valence-corrected chi connectivity index (χ1v) is 11.4. The number of nitrogens with zero attached hydrogens (tertiary/aromatic N) is 1. The summed E-state index contributed by atoms with van der Waals surface area (Å²) in [6.07, 6.45) is 13.2. The summed E-state index contributed by atoms with van der Waals surface area (Å²) >= 11 is 0. The summed E-state index contributed by atoms with van der Waals surface area (Å²) in [5, 5.41) is 0. The molecular formula is C22H43F4NRu. The van der Waals surface area contributed by atoms with Crippen LogP contribution in [0.1, 0.15) is 117 Å². The van der Waals surface area contributed by atoms with Crippen LogP contribution >= 0.6 is 0 Å². The van der Waals surface area contributed by atoms with Crippen LogP contribution in [0.15, 0.2) is 0 Å². The summed E-state index contributed by atoms with van der Waals surface area (Å²) < 4.78 is 53.2. The molecule has 0 aliphatic heterocycles. The van der Waals surface area contributed by atoms with Gasteiger partial charge < -0.3 is 0 Å². The zero-order chi connectivity index (χ0) is 20.4. The van der Waals surface area contributed by atoms with Gasteiger partial charge in [-0.05, 0) is 12.8 Å². The summed E-state index contributed by atoms with van der Waals surface area (Å²) in [6, 6.07) is -4.00. The molecular weight excluding hydrogens is 455 g/mol. The van der Waals surface area contributed by atoms with Crippen molar-refractivity contribution in [2.24, 2.45) is 0 Å². The molecule has 0 radical (unpaired) electrons. The Morgan fingerprint density at radius 2 is 0.857 bits per heavy atom. The Hall–Kier alpha value is 0.303. The first kappa shape index (κ1) is 30.5. The molecule has 0 aromatic heterocycles. The van der Waals surface area contributed by atoms with E-state index in [4.69, 9.17) is 0 Å². The van der Waals surface area contributed by atoms with E-state index in [1.165, 1.54) is 51.4 Å². The normalized spacial score (nSPS) is 12.0. The number of rotatable bonds is 20. The maximum atomic E-state index is 13.8. The maximum Gasteiger partial charge on any atom is 0.364 e. The standard InChI is InChI=1S/C22H43F4N.Ru/c1-3-5-7-9-11-13-15-17-19-27(22(25,26)21(23)24)20-18-16-14-12-10-8-6-4-2;/h21H,3-20H2,1-2H3;. The summed E-state index contributed by atoms with van der Waals surface area (Å²) in [6.45, 7) is 4.49. The van der Waals surface area contributed by atoms with Crippen molar-refractivity contribution >= 4 is 0 Å². The summed E-state index contributed by atoms with van der Waals surface area (Å²) in [4.78, 5) is 0.728. The molecule has 0 aromatic carbocycles. The van der Waals surface area contributed by atoms with Gasteiger partial charge in [0, 0.05) is 32.6 Å². The SMILES string of the molecule is CCCCCCCCCCN(CCCCCCCCCC)C(F)(F)C(F)F.[Ru]. The van der Waals surface area contributed by atoms with E-state index in [-0.39, 0.29) is 32.6 Å². The predicted molar refractivity (Wildman–Crippen MR) is 108 cm³/mol. The molecule has 0 amide bonds. The largest absolute Gasteiger partial charge is 0.364 e. The van der Waals surface area contributed by atoms with Crippen LogP contribution in [-0.2, 0) is 19.5 Å². The molecule has 0 N–H and O–H groups in total. The van der Waals surface area contributed by atoms with Crippen LogP contribution in [0.3, 0.4) is 0 Å². The van der Waals surface area contributed by atoms with Crippen molar-refractivity contribution in [1.82, 2.24) is 4.90 Å². The van der Waals surface area contributed by atoms with Gasteiger partial charge in [0.15, 0.2) is 0 Å². The van der Waals surface area contributed by atoms with Crippen molar-refractivity contribution in [3.05, 3.63) is 0 Å². The number of alkyl halides is 4. The van der Waals surface area contributed by atoms with Crippen molar-refractivity contribution < 1.29 is 37.0 Å². The van der Waals surface area contributed by atoms with Crippen LogP contribution in [-0.4, -0.2) is 30.5 Å². The van der Waals surface area contributed by atoms with Gasteiger partial charge in [0.25, 0.3) is 0 Å². The Balaban J connectivity index is 0. The number of hydrogen-bond acceptors (Lipinski definition) is 1. The van der Waals surface area contributed by atoms with Crippen LogP contribution in [0.5, 0.6) is 0 Å². The molecule has 6 heteroatoms. The van der Waals surface area contributed by atoms with Gasteiger partial charge in [-0.3, -0.25) is 0 Å². The van der Waals surface area contributed by atoms with Gasteiger partial charge >= 0.3 is 12.5 Å². The molecule has 0 aliphatic rings. The van der Waals surface area contributed by atoms with Crippen LogP contribution in [0, 0.1) is 0 Å². The van der Waals surface area contributed by atoms with Crippen LogP contribution < -0.4 is 0 Å². The van der Waals surface area contributed by atoms with Gasteiger partial charge in [0.05, 0.1) is 0 Å². The van der Waals surface area contributed by atoms with Crippen LogP contribution in [0.25, 0.3) is 0 Å². The van der Waals surface area contributed by atoms with Crippen molar-refractivity contribution in [1.29, 1.82) is 0 Å². The summed E-state index contributed by atoms with van der Waals surface area (Å²) in [7, 11) is 0. The van der Waals surface area contributed by atoms with Gasteiger partial charge in [-0.15, -0.1) is 0 Å². The minimum absolute atomic E-state index is 0. The number of hydrogen-bond donors (Lipinski definition) is 0. The maximum absolute atomic E-state index is 13.8. The van der Waals surface area contributed by atoms with E-state index in [0.29, 0.717) is 12.8 Å². The van der Waals surface area contributed by atoms with Crippen molar-refractivity contribution in [2.45, 2.75) is 129 Å². The summed E-state index contributed by atoms with van der Waals surface area (Å²) in [5.41, 5.74) is 0. The van der Waals surface area contributed by atoms with Gasteiger partial charge in [0.2, 0.25) is 0 Å². The van der Waals surface area contributed by atoms with E-state index < -0.39 is 12.5 Å². The first-order chi connectivity index (χ1) is 13.0. The zero-order valence-corrected chi connectivity index (χ0v) is 19.9. The van der Waals surface area contributed by atoms with Gasteiger partial charge in [0.1, 0.15) is 0 Å². The second-order valence-electron chi connectivity index (χ2n) is 7.83. The fourth-order valence-electron chi connectivity index (χ4n) is 3.42. The van der Waals surface area contributed by atoms with Crippen molar-refractivity contribution in [3.8, 4) is 0 Å². The molecule has 0 fully saturated rings. The quantitative estimate of drug-likeness (QED) is 0.0705. The van der Waals surface area contributed by atoms with E-state index in [9.17, 15) is 17.6 Å². The Labute approximate surface area is 184 Å². The third-order valence-electron chi connectivity index (χ3n) is 5.25. The average Bonchev–Trinajstić information content (AvgIpc) is 2.63. The van der Waals surface area contributed by atoms with E-state index in [2.05, 4.69) is 13.8 Å². The molecule has 0 aromatic rings. The zero-order valence-electron chi connectivity index (χ0n) is 18.1. The molecule has 0 atom stereocenters. The molecule has 0 unspecified atom stereocenters. The number of unbranched alkanes of at least 4 members (excludes halogenated alkanes) is 14. The topological polar surface area (TPSA) is 3.24 Å². The third kappa shape index (κ3) is 16.1. The van der Waals surface area contributed by atoms with Crippen molar-refractivity contribution in [2.75, 3.05) is 13.1 Å². The third-order valence-corrected chi connectivity index (χ3v) is 5.25.